The van der Waals surface area contributed by atoms with Gasteiger partial charge < -0.3 is 14.7 Å². The van der Waals surface area contributed by atoms with Crippen LogP contribution in [0.25, 0.3) is 0 Å². The molecule has 0 amide bonds. The molecule has 0 saturated heterocycles. The number of nitrogens with zero attached hydrogens (tertiary/aromatic N) is 1. The van der Waals surface area contributed by atoms with Crippen molar-refractivity contribution >= 4 is 25.7 Å². The monoisotopic (exact) mass is 251 g/mol. The Balaban J connectivity index is 0.00000196. The lowest BCUT2D eigenvalue weighted by Gasteiger charge is -2.23. The highest BCUT2D eigenvalue weighted by molar-refractivity contribution is 7.51. The van der Waals surface area contributed by atoms with E-state index < -0.39 is 7.60 Å². The molecule has 0 unspecified atom stereocenters. The predicted octanol–water partition coefficient (Wildman–Crippen LogP) is 2.07. The number of halogens is 1. The van der Waals surface area contributed by atoms with Crippen LogP contribution in [0.4, 0.5) is 5.69 Å². The van der Waals surface area contributed by atoms with Gasteiger partial charge in [0.2, 0.25) is 0 Å². The molecule has 0 aliphatic carbocycles. The van der Waals surface area contributed by atoms with Gasteiger partial charge in [0, 0.05) is 12.2 Å². The molecule has 1 aromatic carbocycles. The van der Waals surface area contributed by atoms with Gasteiger partial charge in [0.05, 0.1) is 0 Å². The Morgan fingerprint density at radius 2 is 1.80 bits per heavy atom. The molecule has 15 heavy (non-hydrogen) atoms. The van der Waals surface area contributed by atoms with E-state index in [1.165, 1.54) is 0 Å². The number of para-hydroxylation sites is 1. The van der Waals surface area contributed by atoms with Crippen LogP contribution in [0.15, 0.2) is 30.3 Å². The van der Waals surface area contributed by atoms with E-state index in [9.17, 15) is 4.57 Å². The van der Waals surface area contributed by atoms with E-state index in [-0.39, 0.29) is 18.7 Å². The second-order valence-corrected chi connectivity index (χ2v) is 4.61. The lowest BCUT2D eigenvalue weighted by molar-refractivity contribution is 0.372. The number of hydrogen-bond acceptors (Lipinski definition) is 2. The molecule has 0 aliphatic heterocycles. The maximum Gasteiger partial charge on any atom is 0.344 e. The van der Waals surface area contributed by atoms with Crippen molar-refractivity contribution in [2.45, 2.75) is 6.92 Å². The third-order valence-electron chi connectivity index (χ3n) is 1.86. The van der Waals surface area contributed by atoms with E-state index in [1.807, 2.05) is 37.3 Å². The third kappa shape index (κ3) is 5.19. The molecule has 0 bridgehead atoms. The van der Waals surface area contributed by atoms with Crippen molar-refractivity contribution in [1.82, 2.24) is 0 Å². The first kappa shape index (κ1) is 14.5. The van der Waals surface area contributed by atoms with Gasteiger partial charge in [-0.15, -0.1) is 12.4 Å². The van der Waals surface area contributed by atoms with Crippen LogP contribution in [-0.2, 0) is 4.57 Å². The topological polar surface area (TPSA) is 60.8 Å². The first-order valence-electron chi connectivity index (χ1n) is 4.37. The van der Waals surface area contributed by atoms with E-state index >= 15 is 0 Å². The number of hydrogen-bond donors (Lipinski definition) is 2. The van der Waals surface area contributed by atoms with Crippen LogP contribution in [0.5, 0.6) is 0 Å². The van der Waals surface area contributed by atoms with Crippen molar-refractivity contribution < 1.29 is 14.4 Å². The number of benzene rings is 1. The van der Waals surface area contributed by atoms with E-state index in [2.05, 4.69) is 0 Å². The summed E-state index contributed by atoms with van der Waals surface area (Å²) in [5, 5.41) is 0. The molecule has 0 aliphatic rings. The van der Waals surface area contributed by atoms with Crippen molar-refractivity contribution in [3.05, 3.63) is 30.3 Å². The highest BCUT2D eigenvalue weighted by Gasteiger charge is 2.17. The molecule has 1 aromatic rings. The molecule has 4 nitrogen and oxygen atoms in total. The second kappa shape index (κ2) is 6.13. The average Bonchev–Trinajstić information content (AvgIpc) is 2.14. The van der Waals surface area contributed by atoms with Crippen molar-refractivity contribution in [1.29, 1.82) is 0 Å². The first-order chi connectivity index (χ1) is 6.53. The predicted molar refractivity (Wildman–Crippen MR) is 63.6 cm³/mol. The first-order valence-corrected chi connectivity index (χ1v) is 6.17. The minimum atomic E-state index is -3.98. The summed E-state index contributed by atoms with van der Waals surface area (Å²) in [5.74, 6) is 0. The molecule has 0 spiro atoms. The maximum absolute atomic E-state index is 10.8. The van der Waals surface area contributed by atoms with E-state index in [0.29, 0.717) is 6.54 Å². The Bertz CT molecular complexity index is 327. The average molecular weight is 252 g/mol. The lowest BCUT2D eigenvalue weighted by atomic mass is 10.3. The minimum absolute atomic E-state index is 0. The van der Waals surface area contributed by atoms with E-state index in [0.717, 1.165) is 5.69 Å². The van der Waals surface area contributed by atoms with Gasteiger partial charge in [0.1, 0.15) is 6.29 Å². The fourth-order valence-corrected chi connectivity index (χ4v) is 2.03. The lowest BCUT2D eigenvalue weighted by Crippen LogP contribution is -2.23. The Labute approximate surface area is 95.5 Å². The molecule has 0 atom stereocenters. The summed E-state index contributed by atoms with van der Waals surface area (Å²) >= 11 is 0. The summed E-state index contributed by atoms with van der Waals surface area (Å²) in [5.41, 5.74) is 0.832. The normalized spacial score (nSPS) is 10.6. The standard InChI is InChI=1S/C9H14NO3P.ClH/c1-2-10(8-14(11,12)13)9-6-4-3-5-7-9;/h3-7H,2,8H2,1H3,(H2,11,12,13);1H. The summed E-state index contributed by atoms with van der Waals surface area (Å²) in [7, 11) is -3.98. The molecule has 0 aromatic heterocycles. The van der Waals surface area contributed by atoms with Crippen molar-refractivity contribution in [3.8, 4) is 0 Å². The quantitative estimate of drug-likeness (QED) is 0.805. The van der Waals surface area contributed by atoms with Gasteiger partial charge in [0.15, 0.2) is 0 Å². The van der Waals surface area contributed by atoms with Gasteiger partial charge >= 0.3 is 7.60 Å². The summed E-state index contributed by atoms with van der Waals surface area (Å²) in [6.07, 6.45) is -0.229. The second-order valence-electron chi connectivity index (χ2n) is 3.00. The summed E-state index contributed by atoms with van der Waals surface area (Å²) in [6, 6.07) is 9.22. The Hall–Kier alpha value is -0.540. The fourth-order valence-electron chi connectivity index (χ4n) is 1.23. The zero-order chi connectivity index (χ0) is 10.6. The minimum Gasteiger partial charge on any atom is -0.360 e. The summed E-state index contributed by atoms with van der Waals surface area (Å²) in [4.78, 5) is 19.4. The summed E-state index contributed by atoms with van der Waals surface area (Å²) < 4.78 is 10.8. The Morgan fingerprint density at radius 3 is 2.20 bits per heavy atom. The van der Waals surface area contributed by atoms with Crippen LogP contribution in [0, 0.1) is 0 Å². The maximum atomic E-state index is 10.8. The van der Waals surface area contributed by atoms with Crippen LogP contribution < -0.4 is 4.90 Å². The van der Waals surface area contributed by atoms with Crippen LogP contribution >= 0.6 is 20.0 Å². The van der Waals surface area contributed by atoms with Crippen molar-refractivity contribution in [3.63, 3.8) is 0 Å². The van der Waals surface area contributed by atoms with Gasteiger partial charge in [-0.05, 0) is 19.1 Å². The highest BCUT2D eigenvalue weighted by Crippen LogP contribution is 2.36. The van der Waals surface area contributed by atoms with Gasteiger partial charge in [-0.3, -0.25) is 4.57 Å². The van der Waals surface area contributed by atoms with Crippen LogP contribution in [0.1, 0.15) is 6.92 Å². The fraction of sp³-hybridized carbons (Fsp3) is 0.333. The Morgan fingerprint density at radius 1 is 1.27 bits per heavy atom. The molecule has 0 heterocycles. The van der Waals surface area contributed by atoms with Crippen molar-refractivity contribution in [2.75, 3.05) is 17.7 Å². The number of rotatable bonds is 4. The third-order valence-corrected chi connectivity index (χ3v) is 2.57. The molecule has 2 N–H and O–H groups in total. The molecular weight excluding hydrogens is 237 g/mol. The molecule has 0 fully saturated rings. The van der Waals surface area contributed by atoms with Crippen LogP contribution in [-0.4, -0.2) is 22.6 Å². The van der Waals surface area contributed by atoms with Gasteiger partial charge in [-0.1, -0.05) is 18.2 Å². The van der Waals surface area contributed by atoms with E-state index in [4.69, 9.17) is 9.79 Å². The number of anilines is 1. The largest absolute Gasteiger partial charge is 0.360 e. The molecule has 1 rings (SSSR count). The summed E-state index contributed by atoms with van der Waals surface area (Å²) in [6.45, 7) is 2.44. The smallest absolute Gasteiger partial charge is 0.344 e. The van der Waals surface area contributed by atoms with E-state index in [1.54, 1.807) is 4.90 Å². The molecule has 0 saturated carbocycles. The zero-order valence-electron chi connectivity index (χ0n) is 8.41. The Kier molecular flexibility index (Phi) is 5.91. The highest BCUT2D eigenvalue weighted by atomic mass is 35.5. The molecular formula is C9H15ClNO3P. The van der Waals surface area contributed by atoms with Gasteiger partial charge in [-0.25, -0.2) is 0 Å². The van der Waals surface area contributed by atoms with Gasteiger partial charge in [-0.2, -0.15) is 0 Å². The molecule has 6 heteroatoms. The zero-order valence-corrected chi connectivity index (χ0v) is 10.1. The van der Waals surface area contributed by atoms with Crippen LogP contribution in [0.2, 0.25) is 0 Å². The SMILES string of the molecule is CCN(CP(=O)(O)O)c1ccccc1.Cl. The van der Waals surface area contributed by atoms with Gasteiger partial charge in [0.25, 0.3) is 0 Å². The molecule has 86 valence electrons. The molecule has 0 radical (unpaired) electrons. The van der Waals surface area contributed by atoms with Crippen LogP contribution in [0.3, 0.4) is 0 Å². The van der Waals surface area contributed by atoms with Crippen molar-refractivity contribution in [2.24, 2.45) is 0 Å².